The molecule has 5 heteroatoms. The first kappa shape index (κ1) is 11.2. The molecule has 0 heterocycles. The van der Waals surface area contributed by atoms with Crippen molar-refractivity contribution in [3.63, 3.8) is 0 Å². The van der Waals surface area contributed by atoms with Gasteiger partial charge in [0.1, 0.15) is 0 Å². The minimum Gasteiger partial charge on any atom is -0.505 e. The fourth-order valence-corrected chi connectivity index (χ4v) is 0.909. The Morgan fingerprint density at radius 3 is 2.67 bits per heavy atom. The van der Waals surface area contributed by atoms with Gasteiger partial charge < -0.3 is 9.84 Å². The molecule has 0 radical (unpaired) electrons. The molecule has 0 aliphatic carbocycles. The number of phenolic OH excluding ortho intramolecular Hbond substituents is 1. The number of methoxy groups -OCH3 is 1. The molecular formula is C10H8F2O3. The average molecular weight is 214 g/mol. The standard InChI is InChI=1S/C10H8F2O3/c1-15-8(14)5-3-6-2-4-7(13)10(12)9(6)11/h2-5,13H,1H3/b5-3+. The van der Waals surface area contributed by atoms with E-state index in [0.29, 0.717) is 0 Å². The maximum Gasteiger partial charge on any atom is 0.330 e. The Hall–Kier alpha value is -1.91. The molecule has 0 saturated carbocycles. The molecule has 0 aliphatic rings. The number of carbonyl (C=O) groups excluding carboxylic acids is 1. The number of hydrogen-bond acceptors (Lipinski definition) is 3. The van der Waals surface area contributed by atoms with Gasteiger partial charge in [0.2, 0.25) is 5.82 Å². The van der Waals surface area contributed by atoms with Gasteiger partial charge in [0, 0.05) is 11.6 Å². The quantitative estimate of drug-likeness (QED) is 0.603. The lowest BCUT2D eigenvalue weighted by Gasteiger charge is -2.00. The number of phenols is 1. The van der Waals surface area contributed by atoms with Crippen molar-refractivity contribution in [3.05, 3.63) is 35.4 Å². The van der Waals surface area contributed by atoms with E-state index in [1.54, 1.807) is 0 Å². The Kier molecular flexibility index (Phi) is 3.38. The number of rotatable bonds is 2. The summed E-state index contributed by atoms with van der Waals surface area (Å²) in [5.74, 6) is -4.01. The summed E-state index contributed by atoms with van der Waals surface area (Å²) >= 11 is 0. The Morgan fingerprint density at radius 2 is 2.07 bits per heavy atom. The van der Waals surface area contributed by atoms with Crippen molar-refractivity contribution in [2.24, 2.45) is 0 Å². The zero-order valence-electron chi connectivity index (χ0n) is 7.83. The molecule has 15 heavy (non-hydrogen) atoms. The molecule has 0 fully saturated rings. The first-order valence-corrected chi connectivity index (χ1v) is 3.99. The smallest absolute Gasteiger partial charge is 0.330 e. The van der Waals surface area contributed by atoms with Crippen LogP contribution in [-0.2, 0) is 9.53 Å². The highest BCUT2D eigenvalue weighted by Gasteiger charge is 2.10. The van der Waals surface area contributed by atoms with Crippen LogP contribution in [0.25, 0.3) is 6.08 Å². The lowest BCUT2D eigenvalue weighted by atomic mass is 10.2. The number of benzene rings is 1. The molecule has 0 aromatic heterocycles. The Balaban J connectivity index is 3.02. The van der Waals surface area contributed by atoms with Gasteiger partial charge in [-0.1, -0.05) is 0 Å². The normalized spacial score (nSPS) is 10.6. The molecular weight excluding hydrogens is 206 g/mol. The van der Waals surface area contributed by atoms with Crippen LogP contribution in [0, 0.1) is 11.6 Å². The van der Waals surface area contributed by atoms with Crippen molar-refractivity contribution in [1.29, 1.82) is 0 Å². The molecule has 3 nitrogen and oxygen atoms in total. The van der Waals surface area contributed by atoms with Gasteiger partial charge in [-0.2, -0.15) is 4.39 Å². The number of ether oxygens (including phenoxy) is 1. The van der Waals surface area contributed by atoms with Crippen LogP contribution in [-0.4, -0.2) is 18.2 Å². The van der Waals surface area contributed by atoms with Crippen LogP contribution in [0.2, 0.25) is 0 Å². The predicted octanol–water partition coefficient (Wildman–Crippen LogP) is 1.86. The molecule has 0 bridgehead atoms. The first-order valence-electron chi connectivity index (χ1n) is 3.99. The largest absolute Gasteiger partial charge is 0.505 e. The number of aromatic hydroxyl groups is 1. The number of halogens is 2. The van der Waals surface area contributed by atoms with Crippen LogP contribution in [0.4, 0.5) is 8.78 Å². The second kappa shape index (κ2) is 4.54. The summed E-state index contributed by atoms with van der Waals surface area (Å²) in [6, 6.07) is 2.14. The van der Waals surface area contributed by atoms with Crippen LogP contribution in [0.5, 0.6) is 5.75 Å². The lowest BCUT2D eigenvalue weighted by Crippen LogP contribution is -1.94. The molecule has 0 saturated heterocycles. The van der Waals surface area contributed by atoms with Crippen molar-refractivity contribution in [2.45, 2.75) is 0 Å². The minimum atomic E-state index is -1.35. The van der Waals surface area contributed by atoms with Gasteiger partial charge in [-0.25, -0.2) is 9.18 Å². The van der Waals surface area contributed by atoms with E-state index >= 15 is 0 Å². The Labute approximate surface area is 84.6 Å². The van der Waals surface area contributed by atoms with E-state index in [4.69, 9.17) is 5.11 Å². The highest BCUT2D eigenvalue weighted by molar-refractivity contribution is 5.86. The van der Waals surface area contributed by atoms with Crippen molar-refractivity contribution in [3.8, 4) is 5.75 Å². The maximum atomic E-state index is 13.1. The molecule has 0 atom stereocenters. The number of hydrogen-bond donors (Lipinski definition) is 1. The van der Waals surface area contributed by atoms with E-state index in [-0.39, 0.29) is 5.56 Å². The van der Waals surface area contributed by atoms with Gasteiger partial charge in [0.15, 0.2) is 11.6 Å². The molecule has 0 aliphatic heterocycles. The van der Waals surface area contributed by atoms with Crippen molar-refractivity contribution < 1.29 is 23.4 Å². The first-order chi connectivity index (χ1) is 7.06. The topological polar surface area (TPSA) is 46.5 Å². The van der Waals surface area contributed by atoms with Crippen LogP contribution in [0.15, 0.2) is 18.2 Å². The van der Waals surface area contributed by atoms with Crippen LogP contribution < -0.4 is 0 Å². The van der Waals surface area contributed by atoms with Gasteiger partial charge in [-0.15, -0.1) is 0 Å². The summed E-state index contributed by atoms with van der Waals surface area (Å²) < 4.78 is 30.2. The second-order valence-electron chi connectivity index (χ2n) is 2.66. The van der Waals surface area contributed by atoms with Gasteiger partial charge in [0.05, 0.1) is 7.11 Å². The highest BCUT2D eigenvalue weighted by atomic mass is 19.2. The van der Waals surface area contributed by atoms with Gasteiger partial charge in [-0.05, 0) is 18.2 Å². The van der Waals surface area contributed by atoms with Crippen molar-refractivity contribution >= 4 is 12.0 Å². The third-order valence-corrected chi connectivity index (χ3v) is 1.69. The zero-order chi connectivity index (χ0) is 11.4. The SMILES string of the molecule is COC(=O)/C=C/c1ccc(O)c(F)c1F. The molecule has 1 aromatic rings. The molecule has 1 rings (SSSR count). The van der Waals surface area contributed by atoms with Gasteiger partial charge in [0.25, 0.3) is 0 Å². The summed E-state index contributed by atoms with van der Waals surface area (Å²) in [5.41, 5.74) is -0.143. The van der Waals surface area contributed by atoms with Crippen molar-refractivity contribution in [2.75, 3.05) is 7.11 Å². The summed E-state index contributed by atoms with van der Waals surface area (Å²) in [4.78, 5) is 10.7. The maximum absolute atomic E-state index is 13.1. The van der Waals surface area contributed by atoms with Crippen LogP contribution in [0.1, 0.15) is 5.56 Å². The summed E-state index contributed by atoms with van der Waals surface area (Å²) in [6.45, 7) is 0. The Bertz CT molecular complexity index is 413. The van der Waals surface area contributed by atoms with E-state index < -0.39 is 23.4 Å². The summed E-state index contributed by atoms with van der Waals surface area (Å²) in [7, 11) is 1.17. The van der Waals surface area contributed by atoms with Crippen LogP contribution >= 0.6 is 0 Å². The monoisotopic (exact) mass is 214 g/mol. The zero-order valence-corrected chi connectivity index (χ0v) is 7.83. The van der Waals surface area contributed by atoms with E-state index in [1.807, 2.05) is 0 Å². The minimum absolute atomic E-state index is 0.143. The number of esters is 1. The van der Waals surface area contributed by atoms with E-state index in [2.05, 4.69) is 4.74 Å². The third kappa shape index (κ3) is 2.52. The molecule has 0 spiro atoms. The lowest BCUT2D eigenvalue weighted by molar-refractivity contribution is -0.134. The molecule has 1 N–H and O–H groups in total. The molecule has 80 valence electrons. The average Bonchev–Trinajstić information content (AvgIpc) is 2.24. The molecule has 0 amide bonds. The molecule has 0 unspecified atom stereocenters. The number of carbonyl (C=O) groups is 1. The van der Waals surface area contributed by atoms with E-state index in [0.717, 1.165) is 24.3 Å². The summed E-state index contributed by atoms with van der Waals surface area (Å²) in [6.07, 6.45) is 2.01. The van der Waals surface area contributed by atoms with Gasteiger partial charge >= 0.3 is 5.97 Å². The van der Waals surface area contributed by atoms with Gasteiger partial charge in [-0.3, -0.25) is 0 Å². The van der Waals surface area contributed by atoms with Crippen LogP contribution in [0.3, 0.4) is 0 Å². The third-order valence-electron chi connectivity index (χ3n) is 1.69. The van der Waals surface area contributed by atoms with E-state index in [1.165, 1.54) is 7.11 Å². The summed E-state index contributed by atoms with van der Waals surface area (Å²) in [5, 5.41) is 8.82. The predicted molar refractivity (Wildman–Crippen MR) is 49.1 cm³/mol. The second-order valence-corrected chi connectivity index (χ2v) is 2.66. The van der Waals surface area contributed by atoms with Crippen molar-refractivity contribution in [1.82, 2.24) is 0 Å². The fraction of sp³-hybridized carbons (Fsp3) is 0.100. The van der Waals surface area contributed by atoms with E-state index in [9.17, 15) is 13.6 Å². The Morgan fingerprint density at radius 1 is 1.40 bits per heavy atom. The molecule has 1 aromatic carbocycles. The highest BCUT2D eigenvalue weighted by Crippen LogP contribution is 2.21. The fourth-order valence-electron chi connectivity index (χ4n) is 0.909.